The van der Waals surface area contributed by atoms with Crippen molar-refractivity contribution in [2.24, 2.45) is 0 Å². The van der Waals surface area contributed by atoms with E-state index in [9.17, 15) is 9.59 Å². The highest BCUT2D eigenvalue weighted by atomic mass is 16.5. The van der Waals surface area contributed by atoms with Gasteiger partial charge in [-0.15, -0.1) is 0 Å². The second-order valence-electron chi connectivity index (χ2n) is 8.20. The van der Waals surface area contributed by atoms with E-state index in [-0.39, 0.29) is 17.9 Å². The summed E-state index contributed by atoms with van der Waals surface area (Å²) in [7, 11) is 0. The number of nitrogens with zero attached hydrogens (tertiary/aromatic N) is 2. The van der Waals surface area contributed by atoms with Crippen LogP contribution in [0.4, 0.5) is 0 Å². The van der Waals surface area contributed by atoms with Crippen molar-refractivity contribution in [2.45, 2.75) is 58.1 Å². The van der Waals surface area contributed by atoms with Crippen molar-refractivity contribution < 1.29 is 9.53 Å². The highest BCUT2D eigenvalue weighted by molar-refractivity contribution is 5.78. The van der Waals surface area contributed by atoms with Crippen LogP contribution in [0.2, 0.25) is 0 Å². The van der Waals surface area contributed by atoms with Crippen molar-refractivity contribution in [3.63, 3.8) is 0 Å². The number of benzene rings is 1. The molecule has 2 aromatic heterocycles. The Bertz CT molecular complexity index is 1100. The van der Waals surface area contributed by atoms with Crippen LogP contribution in [0.15, 0.2) is 53.6 Å². The number of amides is 1. The molecule has 2 N–H and O–H groups in total. The van der Waals surface area contributed by atoms with Gasteiger partial charge in [0.15, 0.2) is 0 Å². The quantitative estimate of drug-likeness (QED) is 0.593. The summed E-state index contributed by atoms with van der Waals surface area (Å²) in [5, 5.41) is 2.88. The number of nitrogens with one attached hydrogen (secondary N) is 2. The maximum atomic E-state index is 12.5. The van der Waals surface area contributed by atoms with Crippen LogP contribution in [0.1, 0.15) is 48.9 Å². The van der Waals surface area contributed by atoms with Gasteiger partial charge in [-0.2, -0.15) is 0 Å². The fourth-order valence-electron chi connectivity index (χ4n) is 3.94. The van der Waals surface area contributed by atoms with Crippen LogP contribution >= 0.6 is 0 Å². The number of aromatic nitrogens is 3. The molecule has 0 unspecified atom stereocenters. The SMILES string of the molecule is Cc1nc(-c2cccnc2)[nH]c(=O)c1CC(=O)NCc1ccc(OC2CCCCC2)cc1. The normalized spacial score (nSPS) is 14.2. The Hall–Kier alpha value is -3.48. The topological polar surface area (TPSA) is 97.0 Å². The zero-order chi connectivity index (χ0) is 22.3. The molecule has 4 rings (SSSR count). The van der Waals surface area contributed by atoms with E-state index in [0.29, 0.717) is 29.7 Å². The van der Waals surface area contributed by atoms with Gasteiger partial charge in [0, 0.05) is 35.8 Å². The van der Waals surface area contributed by atoms with Crippen LogP contribution in [0.5, 0.6) is 5.75 Å². The molecule has 0 spiro atoms. The molecule has 1 fully saturated rings. The van der Waals surface area contributed by atoms with Crippen LogP contribution in [0, 0.1) is 6.92 Å². The van der Waals surface area contributed by atoms with E-state index in [1.807, 2.05) is 30.3 Å². The smallest absolute Gasteiger partial charge is 0.255 e. The molecule has 0 bridgehead atoms. The lowest BCUT2D eigenvalue weighted by Crippen LogP contribution is -2.28. The molecule has 0 atom stereocenters. The van der Waals surface area contributed by atoms with Crippen molar-refractivity contribution in [1.82, 2.24) is 20.3 Å². The Morgan fingerprint density at radius 1 is 1.16 bits per heavy atom. The van der Waals surface area contributed by atoms with E-state index in [1.165, 1.54) is 19.3 Å². The minimum Gasteiger partial charge on any atom is -0.490 e. The van der Waals surface area contributed by atoms with Crippen molar-refractivity contribution in [1.29, 1.82) is 0 Å². The molecular formula is C25H28N4O3. The first-order valence-electron chi connectivity index (χ1n) is 11.1. The molecular weight excluding hydrogens is 404 g/mol. The van der Waals surface area contributed by atoms with Crippen LogP contribution in [-0.4, -0.2) is 27.0 Å². The monoisotopic (exact) mass is 432 g/mol. The van der Waals surface area contributed by atoms with Gasteiger partial charge in [-0.3, -0.25) is 14.6 Å². The number of hydrogen-bond donors (Lipinski definition) is 2. The number of H-pyrrole nitrogens is 1. The highest BCUT2D eigenvalue weighted by Crippen LogP contribution is 2.23. The first-order chi connectivity index (χ1) is 15.6. The molecule has 1 aliphatic carbocycles. The number of aromatic amines is 1. The van der Waals surface area contributed by atoms with Crippen molar-refractivity contribution in [2.75, 3.05) is 0 Å². The lowest BCUT2D eigenvalue weighted by molar-refractivity contribution is -0.120. The van der Waals surface area contributed by atoms with Crippen molar-refractivity contribution in [3.05, 3.63) is 76.0 Å². The van der Waals surface area contributed by atoms with Gasteiger partial charge < -0.3 is 15.0 Å². The fraction of sp³-hybridized carbons (Fsp3) is 0.360. The average Bonchev–Trinajstić information content (AvgIpc) is 2.82. The van der Waals surface area contributed by atoms with E-state index in [2.05, 4.69) is 20.3 Å². The van der Waals surface area contributed by atoms with Gasteiger partial charge in [0.2, 0.25) is 5.91 Å². The summed E-state index contributed by atoms with van der Waals surface area (Å²) in [4.78, 5) is 36.2. The molecule has 0 radical (unpaired) electrons. The first-order valence-corrected chi connectivity index (χ1v) is 11.1. The summed E-state index contributed by atoms with van der Waals surface area (Å²) in [6, 6.07) is 11.4. The molecule has 2 heterocycles. The summed E-state index contributed by atoms with van der Waals surface area (Å²) in [6.45, 7) is 2.13. The lowest BCUT2D eigenvalue weighted by Gasteiger charge is -2.23. The van der Waals surface area contributed by atoms with Gasteiger partial charge in [-0.25, -0.2) is 4.98 Å². The maximum absolute atomic E-state index is 12.5. The molecule has 1 saturated carbocycles. The second kappa shape index (κ2) is 10.2. The van der Waals surface area contributed by atoms with Crippen molar-refractivity contribution in [3.8, 4) is 17.1 Å². The molecule has 0 saturated heterocycles. The van der Waals surface area contributed by atoms with Crippen molar-refractivity contribution >= 4 is 5.91 Å². The zero-order valence-corrected chi connectivity index (χ0v) is 18.3. The maximum Gasteiger partial charge on any atom is 0.255 e. The van der Waals surface area contributed by atoms with Crippen LogP contribution in [-0.2, 0) is 17.8 Å². The van der Waals surface area contributed by atoms with Gasteiger partial charge in [0.05, 0.1) is 12.5 Å². The molecule has 1 amide bonds. The summed E-state index contributed by atoms with van der Waals surface area (Å²) < 4.78 is 6.05. The predicted molar refractivity (Wildman–Crippen MR) is 122 cm³/mol. The van der Waals surface area contributed by atoms with E-state index < -0.39 is 0 Å². The Labute approximate surface area is 187 Å². The third kappa shape index (κ3) is 5.60. The molecule has 0 aliphatic heterocycles. The van der Waals surface area contributed by atoms with Crippen LogP contribution in [0.3, 0.4) is 0 Å². The molecule has 1 aliphatic rings. The molecule has 32 heavy (non-hydrogen) atoms. The number of ether oxygens (including phenoxy) is 1. The number of pyridine rings is 1. The van der Waals surface area contributed by atoms with Gasteiger partial charge in [-0.05, 0) is 62.4 Å². The molecule has 7 nitrogen and oxygen atoms in total. The summed E-state index contributed by atoms with van der Waals surface area (Å²) in [5.41, 5.74) is 2.29. The van der Waals surface area contributed by atoms with E-state index >= 15 is 0 Å². The molecule has 1 aromatic carbocycles. The van der Waals surface area contributed by atoms with E-state index in [0.717, 1.165) is 29.7 Å². The largest absolute Gasteiger partial charge is 0.490 e. The predicted octanol–water partition coefficient (Wildman–Crippen LogP) is 3.71. The molecule has 3 aromatic rings. The number of aryl methyl sites for hydroxylation is 1. The van der Waals surface area contributed by atoms with Gasteiger partial charge in [-0.1, -0.05) is 18.6 Å². The van der Waals surface area contributed by atoms with E-state index in [4.69, 9.17) is 4.74 Å². The Kier molecular flexibility index (Phi) is 6.94. The standard InChI is InChI=1S/C25H28N4O3/c1-17-22(25(31)29-24(28-17)19-6-5-13-26-16-19)14-23(30)27-15-18-9-11-21(12-10-18)32-20-7-3-2-4-8-20/h5-6,9-13,16,20H,2-4,7-8,14-15H2,1H3,(H,27,30)(H,28,29,31). The van der Waals surface area contributed by atoms with E-state index in [1.54, 1.807) is 25.4 Å². The van der Waals surface area contributed by atoms with Gasteiger partial charge in [0.25, 0.3) is 5.56 Å². The van der Waals surface area contributed by atoms with Crippen LogP contribution < -0.4 is 15.6 Å². The summed E-state index contributed by atoms with van der Waals surface area (Å²) in [6.07, 6.45) is 9.59. The third-order valence-corrected chi connectivity index (χ3v) is 5.76. The fourth-order valence-corrected chi connectivity index (χ4v) is 3.94. The Morgan fingerprint density at radius 3 is 2.62 bits per heavy atom. The number of rotatable bonds is 7. The Balaban J connectivity index is 1.32. The number of carbonyl (C=O) groups excluding carboxylic acids is 1. The molecule has 166 valence electrons. The number of hydrogen-bond acceptors (Lipinski definition) is 5. The summed E-state index contributed by atoms with van der Waals surface area (Å²) in [5.74, 6) is 1.09. The minimum absolute atomic E-state index is 0.0235. The minimum atomic E-state index is -0.310. The number of carbonyl (C=O) groups is 1. The van der Waals surface area contributed by atoms with Crippen LogP contribution in [0.25, 0.3) is 11.4 Å². The first kappa shape index (κ1) is 21.7. The second-order valence-corrected chi connectivity index (χ2v) is 8.20. The highest BCUT2D eigenvalue weighted by Gasteiger charge is 2.15. The summed E-state index contributed by atoms with van der Waals surface area (Å²) >= 11 is 0. The third-order valence-electron chi connectivity index (χ3n) is 5.76. The van der Waals surface area contributed by atoms with Gasteiger partial charge in [0.1, 0.15) is 11.6 Å². The van der Waals surface area contributed by atoms with Gasteiger partial charge >= 0.3 is 0 Å². The Morgan fingerprint density at radius 2 is 1.94 bits per heavy atom. The average molecular weight is 433 g/mol. The zero-order valence-electron chi connectivity index (χ0n) is 18.3. The molecule has 7 heteroatoms. The lowest BCUT2D eigenvalue weighted by atomic mass is 9.98.